The maximum atomic E-state index is 14.4. The average Bonchev–Trinajstić information content (AvgIpc) is 2.96. The number of rotatable bonds is 21. The lowest BCUT2D eigenvalue weighted by molar-refractivity contribution is -0.154. The molecule has 45 heavy (non-hydrogen) atoms. The Hall–Kier alpha value is -2.86. The highest BCUT2D eigenvalue weighted by atomic mass is 16.4. The molecule has 0 fully saturated rings. The number of likely N-dealkylation sites (N-methyl/N-ethyl adjacent to an activating group) is 3. The normalized spacial score (nSPS) is 17.0. The molecule has 1 aromatic carbocycles. The van der Waals surface area contributed by atoms with E-state index >= 15 is 0 Å². The number of hydrogen-bond acceptors (Lipinski definition) is 8. The number of amides is 2. The van der Waals surface area contributed by atoms with Gasteiger partial charge in [-0.3, -0.25) is 19.3 Å². The number of Topliss-reactive ketones (excluding diaryl/α,β-unsaturated/α-hetero) is 1. The van der Waals surface area contributed by atoms with E-state index < -0.39 is 66.4 Å². The van der Waals surface area contributed by atoms with Crippen molar-refractivity contribution < 1.29 is 39.6 Å². The molecular weight excluding hydrogens is 578 g/mol. The molecule has 256 valence electrons. The van der Waals surface area contributed by atoms with Gasteiger partial charge in [-0.15, -0.1) is 0 Å². The van der Waals surface area contributed by atoms with E-state index in [0.717, 1.165) is 5.56 Å². The van der Waals surface area contributed by atoms with Crippen LogP contribution in [0.3, 0.4) is 0 Å². The number of aliphatic hydroxyl groups excluding tert-OH is 3. The molecule has 2 amide bonds. The zero-order valence-electron chi connectivity index (χ0n) is 28.4. The van der Waals surface area contributed by atoms with Gasteiger partial charge in [-0.05, 0) is 70.9 Å². The topological polar surface area (TPSA) is 159 Å². The summed E-state index contributed by atoms with van der Waals surface area (Å²) in [6, 6.07) is 7.18. The maximum absolute atomic E-state index is 14.4. The standard InChI is InChI=1S/C34H57N3O8/c1-22(14-12-16-24(3)38)30(28(40)20-29(41)34(44)45)36(7)33(43)31(23(2)15-13-17-25(4)39)37(8)32(42)26(5)35(6)21-27-18-10-9-11-19-27/h9-11,18-19,22-26,29-31,38-39,41H,12-17,20-21H2,1-8H3,(H,44,45)/t22-,23-,24?,25?,26-,29?,30-,31-/m0/s1. The average molecular weight is 636 g/mol. The summed E-state index contributed by atoms with van der Waals surface area (Å²) in [5.41, 5.74) is 1.04. The van der Waals surface area contributed by atoms with Crippen LogP contribution in [0.4, 0.5) is 0 Å². The minimum absolute atomic E-state index is 0.267. The molecule has 0 aliphatic rings. The first-order valence-corrected chi connectivity index (χ1v) is 16.1. The van der Waals surface area contributed by atoms with Gasteiger partial charge in [-0.1, -0.05) is 57.0 Å². The number of aliphatic hydroxyl groups is 3. The van der Waals surface area contributed by atoms with Crippen LogP contribution >= 0.6 is 0 Å². The van der Waals surface area contributed by atoms with Gasteiger partial charge in [0.1, 0.15) is 6.04 Å². The van der Waals surface area contributed by atoms with E-state index in [0.29, 0.717) is 45.1 Å². The lowest BCUT2D eigenvalue weighted by Gasteiger charge is -2.40. The first-order chi connectivity index (χ1) is 21.0. The third-order valence-corrected chi connectivity index (χ3v) is 8.73. The van der Waals surface area contributed by atoms with Crippen LogP contribution in [0.15, 0.2) is 30.3 Å². The summed E-state index contributed by atoms with van der Waals surface area (Å²) < 4.78 is 0. The number of nitrogens with zero attached hydrogens (tertiary/aromatic N) is 3. The summed E-state index contributed by atoms with van der Waals surface area (Å²) >= 11 is 0. The Morgan fingerprint density at radius 2 is 1.16 bits per heavy atom. The summed E-state index contributed by atoms with van der Waals surface area (Å²) in [5, 5.41) is 38.7. The van der Waals surface area contributed by atoms with Crippen LogP contribution in [0.1, 0.15) is 85.1 Å². The molecule has 0 bridgehead atoms. The zero-order chi connectivity index (χ0) is 34.4. The Labute approximate surface area is 269 Å². The van der Waals surface area contributed by atoms with Crippen molar-refractivity contribution in [3.8, 4) is 0 Å². The van der Waals surface area contributed by atoms with E-state index in [9.17, 15) is 39.6 Å². The van der Waals surface area contributed by atoms with Crippen molar-refractivity contribution in [1.29, 1.82) is 0 Å². The Morgan fingerprint density at radius 1 is 0.689 bits per heavy atom. The number of benzene rings is 1. The predicted molar refractivity (Wildman–Crippen MR) is 173 cm³/mol. The largest absolute Gasteiger partial charge is 0.479 e. The number of carboxylic acids is 1. The summed E-state index contributed by atoms with van der Waals surface area (Å²) in [6.45, 7) is 9.34. The van der Waals surface area contributed by atoms with E-state index in [-0.39, 0.29) is 11.8 Å². The van der Waals surface area contributed by atoms with Crippen molar-refractivity contribution >= 4 is 23.6 Å². The number of ketones is 1. The van der Waals surface area contributed by atoms with Gasteiger partial charge in [-0.25, -0.2) is 4.79 Å². The Morgan fingerprint density at radius 3 is 1.62 bits per heavy atom. The van der Waals surface area contributed by atoms with Crippen molar-refractivity contribution in [2.45, 2.75) is 123 Å². The second-order valence-corrected chi connectivity index (χ2v) is 12.9. The fourth-order valence-corrected chi connectivity index (χ4v) is 5.87. The third kappa shape index (κ3) is 13.2. The van der Waals surface area contributed by atoms with Crippen molar-refractivity contribution in [3.63, 3.8) is 0 Å². The van der Waals surface area contributed by atoms with Gasteiger partial charge in [0.2, 0.25) is 11.8 Å². The number of hydrogen-bond donors (Lipinski definition) is 4. The summed E-state index contributed by atoms with van der Waals surface area (Å²) in [4.78, 5) is 57.7. The van der Waals surface area contributed by atoms with Gasteiger partial charge in [0.05, 0.1) is 24.3 Å². The van der Waals surface area contributed by atoms with E-state index in [1.54, 1.807) is 34.7 Å². The molecule has 0 saturated heterocycles. The van der Waals surface area contributed by atoms with E-state index in [2.05, 4.69) is 0 Å². The van der Waals surface area contributed by atoms with Crippen LogP contribution in [-0.4, -0.2) is 116 Å². The Balaban J connectivity index is 3.39. The second-order valence-electron chi connectivity index (χ2n) is 12.9. The third-order valence-electron chi connectivity index (χ3n) is 8.73. The second kappa shape index (κ2) is 19.6. The number of carboxylic acid groups (broad SMARTS) is 1. The molecule has 0 aromatic heterocycles. The summed E-state index contributed by atoms with van der Waals surface area (Å²) in [5.74, 6) is -3.58. The molecule has 0 aliphatic carbocycles. The molecule has 0 heterocycles. The van der Waals surface area contributed by atoms with Gasteiger partial charge in [-0.2, -0.15) is 0 Å². The molecule has 11 heteroatoms. The maximum Gasteiger partial charge on any atom is 0.332 e. The first kappa shape index (κ1) is 40.2. The Kier molecular flexibility index (Phi) is 17.5. The molecular formula is C34H57N3O8. The lowest BCUT2D eigenvalue weighted by Crippen LogP contribution is -2.58. The molecule has 1 rings (SSSR count). The van der Waals surface area contributed by atoms with E-state index in [4.69, 9.17) is 0 Å². The molecule has 0 aliphatic heterocycles. The van der Waals surface area contributed by atoms with Gasteiger partial charge >= 0.3 is 5.97 Å². The van der Waals surface area contributed by atoms with Gasteiger partial charge < -0.3 is 30.2 Å². The quantitative estimate of drug-likeness (QED) is 0.159. The van der Waals surface area contributed by atoms with Crippen LogP contribution in [0.25, 0.3) is 0 Å². The molecule has 0 radical (unpaired) electrons. The summed E-state index contributed by atoms with van der Waals surface area (Å²) in [6.07, 6.45) is -0.363. The molecule has 0 spiro atoms. The first-order valence-electron chi connectivity index (χ1n) is 16.1. The minimum atomic E-state index is -1.91. The van der Waals surface area contributed by atoms with E-state index in [1.165, 1.54) is 16.8 Å². The van der Waals surface area contributed by atoms with Crippen LogP contribution in [0.5, 0.6) is 0 Å². The molecule has 0 saturated carbocycles. The van der Waals surface area contributed by atoms with Gasteiger partial charge in [0, 0.05) is 27.1 Å². The molecule has 8 atom stereocenters. The summed E-state index contributed by atoms with van der Waals surface area (Å²) in [7, 11) is 4.92. The fraction of sp³-hybridized carbons (Fsp3) is 0.706. The predicted octanol–water partition coefficient (Wildman–Crippen LogP) is 2.94. The van der Waals surface area contributed by atoms with E-state index in [1.807, 2.05) is 49.2 Å². The molecule has 4 N–H and O–H groups in total. The zero-order valence-corrected chi connectivity index (χ0v) is 28.4. The molecule has 1 aromatic rings. The highest BCUT2D eigenvalue weighted by Crippen LogP contribution is 2.26. The van der Waals surface area contributed by atoms with Crippen molar-refractivity contribution in [2.75, 3.05) is 21.1 Å². The fourth-order valence-electron chi connectivity index (χ4n) is 5.87. The highest BCUT2D eigenvalue weighted by molar-refractivity contribution is 5.95. The van der Waals surface area contributed by atoms with Crippen molar-refractivity contribution in [3.05, 3.63) is 35.9 Å². The van der Waals surface area contributed by atoms with Crippen LogP contribution < -0.4 is 0 Å². The Bertz CT molecular complexity index is 1070. The van der Waals surface area contributed by atoms with Crippen LogP contribution in [0.2, 0.25) is 0 Å². The SMILES string of the molecule is CC(O)CCC[C@H](C)[C@@H](C(=O)CC(O)C(=O)O)N(C)C(=O)[C@H]([C@@H](C)CCCC(C)O)N(C)C(=O)[C@H](C)N(C)Cc1ccccc1. The number of carbonyl (C=O) groups is 4. The molecule has 3 unspecified atom stereocenters. The monoisotopic (exact) mass is 635 g/mol. The van der Waals surface area contributed by atoms with Crippen molar-refractivity contribution in [1.82, 2.24) is 14.7 Å². The number of carbonyl (C=O) groups excluding carboxylic acids is 3. The van der Waals surface area contributed by atoms with Gasteiger partial charge in [0.25, 0.3) is 0 Å². The van der Waals surface area contributed by atoms with Crippen LogP contribution in [0, 0.1) is 11.8 Å². The minimum Gasteiger partial charge on any atom is -0.479 e. The van der Waals surface area contributed by atoms with Crippen molar-refractivity contribution in [2.24, 2.45) is 11.8 Å². The highest BCUT2D eigenvalue weighted by Gasteiger charge is 2.41. The van der Waals surface area contributed by atoms with Crippen LogP contribution in [-0.2, 0) is 25.7 Å². The number of aliphatic carboxylic acids is 1. The lowest BCUT2D eigenvalue weighted by atomic mass is 9.87. The van der Waals surface area contributed by atoms with Gasteiger partial charge in [0.15, 0.2) is 11.9 Å². The molecule has 11 nitrogen and oxygen atoms in total. The smallest absolute Gasteiger partial charge is 0.332 e.